The molecular weight excluding hydrogens is 212 g/mol. The van der Waals surface area contributed by atoms with Crippen molar-refractivity contribution in [3.63, 3.8) is 0 Å². The lowest BCUT2D eigenvalue weighted by atomic mass is 9.94. The van der Waals surface area contributed by atoms with Gasteiger partial charge in [0.15, 0.2) is 0 Å². The first kappa shape index (κ1) is 13.3. The van der Waals surface area contributed by atoms with Crippen LogP contribution in [0.25, 0.3) is 0 Å². The van der Waals surface area contributed by atoms with Crippen molar-refractivity contribution in [3.05, 3.63) is 0 Å². The van der Waals surface area contributed by atoms with Gasteiger partial charge in [0.2, 0.25) is 0 Å². The van der Waals surface area contributed by atoms with E-state index in [0.717, 1.165) is 19.8 Å². The average Bonchev–Trinajstić information content (AvgIpc) is 2.87. The van der Waals surface area contributed by atoms with E-state index in [-0.39, 0.29) is 0 Å². The van der Waals surface area contributed by atoms with Crippen molar-refractivity contribution in [2.75, 3.05) is 33.4 Å². The summed E-state index contributed by atoms with van der Waals surface area (Å²) < 4.78 is 5.41. The van der Waals surface area contributed by atoms with Crippen molar-refractivity contribution in [3.8, 4) is 0 Å². The van der Waals surface area contributed by atoms with Gasteiger partial charge in [-0.3, -0.25) is 4.90 Å². The van der Waals surface area contributed by atoms with Gasteiger partial charge in [-0.25, -0.2) is 0 Å². The molecule has 0 aromatic carbocycles. The van der Waals surface area contributed by atoms with Crippen molar-refractivity contribution in [2.24, 2.45) is 0 Å². The van der Waals surface area contributed by atoms with Gasteiger partial charge in [0.05, 0.1) is 0 Å². The highest BCUT2D eigenvalue weighted by atomic mass is 16.5. The maximum atomic E-state index is 5.41. The molecule has 1 heterocycles. The molecule has 0 aromatic heterocycles. The van der Waals surface area contributed by atoms with E-state index in [1.54, 1.807) is 0 Å². The molecule has 3 heteroatoms. The smallest absolute Gasteiger partial charge is 0.0480 e. The molecule has 1 aliphatic carbocycles. The zero-order valence-electron chi connectivity index (χ0n) is 11.5. The highest BCUT2D eigenvalue weighted by Crippen LogP contribution is 2.34. The zero-order valence-corrected chi connectivity index (χ0v) is 11.5. The largest absolute Gasteiger partial charge is 0.381 e. The maximum Gasteiger partial charge on any atom is 0.0480 e. The molecule has 0 amide bonds. The summed E-state index contributed by atoms with van der Waals surface area (Å²) in [5, 5.41) is 3.80. The SMILES string of the molecule is CCN(C)C1(CNC2CCOCC2)CCCC1. The fraction of sp³-hybridized carbons (Fsp3) is 1.00. The predicted octanol–water partition coefficient (Wildman–Crippen LogP) is 2.02. The van der Waals surface area contributed by atoms with Gasteiger partial charge in [0.25, 0.3) is 0 Å². The van der Waals surface area contributed by atoms with Crippen molar-refractivity contribution < 1.29 is 4.74 Å². The van der Waals surface area contributed by atoms with E-state index < -0.39 is 0 Å². The van der Waals surface area contributed by atoms with E-state index in [2.05, 4.69) is 24.2 Å². The normalized spacial score (nSPS) is 25.6. The monoisotopic (exact) mass is 240 g/mol. The maximum absolute atomic E-state index is 5.41. The molecule has 1 saturated carbocycles. The molecule has 100 valence electrons. The summed E-state index contributed by atoms with van der Waals surface area (Å²) in [4.78, 5) is 2.56. The second-order valence-corrected chi connectivity index (χ2v) is 5.71. The summed E-state index contributed by atoms with van der Waals surface area (Å²) in [6.45, 7) is 6.48. The number of nitrogens with zero attached hydrogens (tertiary/aromatic N) is 1. The Labute approximate surface area is 106 Å². The minimum absolute atomic E-state index is 0.438. The van der Waals surface area contributed by atoms with Gasteiger partial charge in [-0.1, -0.05) is 19.8 Å². The van der Waals surface area contributed by atoms with E-state index >= 15 is 0 Å². The predicted molar refractivity (Wildman–Crippen MR) is 71.3 cm³/mol. The molecule has 0 spiro atoms. The summed E-state index contributed by atoms with van der Waals surface area (Å²) in [7, 11) is 2.29. The summed E-state index contributed by atoms with van der Waals surface area (Å²) in [5.41, 5.74) is 0.438. The summed E-state index contributed by atoms with van der Waals surface area (Å²) >= 11 is 0. The average molecular weight is 240 g/mol. The van der Waals surface area contributed by atoms with Gasteiger partial charge in [0, 0.05) is 31.3 Å². The molecule has 1 aliphatic heterocycles. The molecule has 0 aromatic rings. The van der Waals surface area contributed by atoms with Gasteiger partial charge in [-0.05, 0) is 39.3 Å². The molecule has 0 radical (unpaired) electrons. The Balaban J connectivity index is 1.84. The Morgan fingerprint density at radius 3 is 2.47 bits per heavy atom. The molecule has 0 atom stereocenters. The Morgan fingerprint density at radius 1 is 1.24 bits per heavy atom. The molecule has 1 N–H and O–H groups in total. The van der Waals surface area contributed by atoms with E-state index in [4.69, 9.17) is 4.74 Å². The number of hydrogen-bond donors (Lipinski definition) is 1. The Hall–Kier alpha value is -0.120. The molecule has 2 aliphatic rings. The van der Waals surface area contributed by atoms with Crippen LogP contribution in [-0.4, -0.2) is 49.8 Å². The number of ether oxygens (including phenoxy) is 1. The van der Waals surface area contributed by atoms with Crippen LogP contribution in [0, 0.1) is 0 Å². The highest BCUT2D eigenvalue weighted by molar-refractivity contribution is 4.96. The number of nitrogens with one attached hydrogen (secondary N) is 1. The molecule has 0 bridgehead atoms. The minimum atomic E-state index is 0.438. The Bertz CT molecular complexity index is 220. The van der Waals surface area contributed by atoms with Gasteiger partial charge in [-0.2, -0.15) is 0 Å². The third-order valence-corrected chi connectivity index (χ3v) is 4.76. The van der Waals surface area contributed by atoms with Crippen LogP contribution in [0.3, 0.4) is 0 Å². The molecule has 2 fully saturated rings. The van der Waals surface area contributed by atoms with Crippen LogP contribution < -0.4 is 5.32 Å². The summed E-state index contributed by atoms with van der Waals surface area (Å²) in [6.07, 6.45) is 7.92. The minimum Gasteiger partial charge on any atom is -0.381 e. The molecule has 17 heavy (non-hydrogen) atoms. The lowest BCUT2D eigenvalue weighted by Crippen LogP contribution is -2.53. The van der Waals surface area contributed by atoms with Gasteiger partial charge in [0.1, 0.15) is 0 Å². The molecule has 0 unspecified atom stereocenters. The van der Waals surface area contributed by atoms with E-state index in [1.807, 2.05) is 0 Å². The number of hydrogen-bond acceptors (Lipinski definition) is 3. The number of likely N-dealkylation sites (N-methyl/N-ethyl adjacent to an activating group) is 1. The van der Waals surface area contributed by atoms with Crippen molar-refractivity contribution in [2.45, 2.75) is 57.0 Å². The lowest BCUT2D eigenvalue weighted by molar-refractivity contribution is 0.0672. The quantitative estimate of drug-likeness (QED) is 0.795. The van der Waals surface area contributed by atoms with Crippen LogP contribution in [-0.2, 0) is 4.74 Å². The van der Waals surface area contributed by atoms with Gasteiger partial charge < -0.3 is 10.1 Å². The zero-order chi connectivity index (χ0) is 12.1. The fourth-order valence-corrected chi connectivity index (χ4v) is 3.30. The second kappa shape index (κ2) is 6.17. The van der Waals surface area contributed by atoms with E-state index in [0.29, 0.717) is 11.6 Å². The first-order chi connectivity index (χ1) is 8.27. The van der Waals surface area contributed by atoms with Crippen molar-refractivity contribution in [1.29, 1.82) is 0 Å². The third kappa shape index (κ3) is 3.21. The summed E-state index contributed by atoms with van der Waals surface area (Å²) in [6, 6.07) is 0.687. The molecular formula is C14H28N2O. The van der Waals surface area contributed by atoms with Crippen LogP contribution in [0.15, 0.2) is 0 Å². The highest BCUT2D eigenvalue weighted by Gasteiger charge is 2.37. The van der Waals surface area contributed by atoms with Crippen LogP contribution in [0.4, 0.5) is 0 Å². The summed E-state index contributed by atoms with van der Waals surface area (Å²) in [5.74, 6) is 0. The van der Waals surface area contributed by atoms with Crippen LogP contribution in [0.1, 0.15) is 45.4 Å². The van der Waals surface area contributed by atoms with Crippen molar-refractivity contribution in [1.82, 2.24) is 10.2 Å². The molecule has 2 rings (SSSR count). The first-order valence-electron chi connectivity index (χ1n) is 7.29. The van der Waals surface area contributed by atoms with Crippen LogP contribution >= 0.6 is 0 Å². The topological polar surface area (TPSA) is 24.5 Å². The Kier molecular flexibility index (Phi) is 4.83. The Morgan fingerprint density at radius 2 is 1.88 bits per heavy atom. The van der Waals surface area contributed by atoms with Crippen molar-refractivity contribution >= 4 is 0 Å². The first-order valence-corrected chi connectivity index (χ1v) is 7.29. The third-order valence-electron chi connectivity index (χ3n) is 4.76. The standard InChI is InChI=1S/C14H28N2O/c1-3-16(2)14(8-4-5-9-14)12-15-13-6-10-17-11-7-13/h13,15H,3-12H2,1-2H3. The van der Waals surface area contributed by atoms with Gasteiger partial charge in [-0.15, -0.1) is 0 Å². The molecule has 1 saturated heterocycles. The number of rotatable bonds is 5. The molecule has 3 nitrogen and oxygen atoms in total. The van der Waals surface area contributed by atoms with E-state index in [9.17, 15) is 0 Å². The van der Waals surface area contributed by atoms with Crippen LogP contribution in [0.5, 0.6) is 0 Å². The van der Waals surface area contributed by atoms with Crippen LogP contribution in [0.2, 0.25) is 0 Å². The van der Waals surface area contributed by atoms with Gasteiger partial charge >= 0.3 is 0 Å². The fourth-order valence-electron chi connectivity index (χ4n) is 3.30. The van der Waals surface area contributed by atoms with E-state index in [1.165, 1.54) is 45.1 Å². The lowest BCUT2D eigenvalue weighted by Gasteiger charge is -2.40. The second-order valence-electron chi connectivity index (χ2n) is 5.71.